The van der Waals surface area contributed by atoms with Gasteiger partial charge in [0, 0.05) is 24.2 Å². The zero-order valence-electron chi connectivity index (χ0n) is 18.3. The Kier molecular flexibility index (Phi) is 5.65. The Morgan fingerprint density at radius 1 is 1.00 bits per heavy atom. The molecular weight excluding hydrogens is 417 g/mol. The number of hydrogen-bond acceptors (Lipinski definition) is 3. The number of rotatable bonds is 7. The van der Waals surface area contributed by atoms with E-state index in [9.17, 15) is 9.18 Å². The summed E-state index contributed by atoms with van der Waals surface area (Å²) < 4.78 is 21.4. The highest BCUT2D eigenvalue weighted by Gasteiger charge is 2.35. The van der Waals surface area contributed by atoms with Gasteiger partial charge in [0.25, 0.3) is 5.91 Å². The average molecular weight is 442 g/mol. The molecule has 0 N–H and O–H groups in total. The Bertz CT molecular complexity index is 1250. The van der Waals surface area contributed by atoms with Gasteiger partial charge >= 0.3 is 0 Å². The maximum absolute atomic E-state index is 13.4. The first-order chi connectivity index (χ1) is 16.1. The van der Waals surface area contributed by atoms with Gasteiger partial charge in [0.15, 0.2) is 0 Å². The van der Waals surface area contributed by atoms with Gasteiger partial charge in [-0.15, -0.1) is 0 Å². The van der Waals surface area contributed by atoms with Crippen LogP contribution in [0.3, 0.4) is 0 Å². The van der Waals surface area contributed by atoms with Crippen LogP contribution in [0, 0.1) is 5.82 Å². The third-order valence-electron chi connectivity index (χ3n) is 5.76. The first kappa shape index (κ1) is 20.9. The highest BCUT2D eigenvalue weighted by atomic mass is 19.1. The van der Waals surface area contributed by atoms with Crippen LogP contribution in [0.1, 0.15) is 28.8 Å². The summed E-state index contributed by atoms with van der Waals surface area (Å²) in [6.45, 7) is 0.348. The predicted molar refractivity (Wildman–Crippen MR) is 124 cm³/mol. The molecule has 0 atom stereocenters. The average Bonchev–Trinajstić information content (AvgIpc) is 3.64. The van der Waals surface area contributed by atoms with Crippen molar-refractivity contribution in [3.05, 3.63) is 102 Å². The van der Waals surface area contributed by atoms with Crippen molar-refractivity contribution in [1.29, 1.82) is 0 Å². The molecule has 0 aliphatic heterocycles. The number of ether oxygens (including phenoxy) is 1. The zero-order valence-corrected chi connectivity index (χ0v) is 18.3. The molecule has 0 spiro atoms. The van der Waals surface area contributed by atoms with E-state index in [2.05, 4.69) is 0 Å². The molecule has 0 bridgehead atoms. The summed E-state index contributed by atoms with van der Waals surface area (Å²) in [4.78, 5) is 15.3. The highest BCUT2D eigenvalue weighted by molar-refractivity contribution is 5.94. The minimum Gasteiger partial charge on any atom is -0.439 e. The number of amides is 1. The number of aromatic nitrogens is 2. The van der Waals surface area contributed by atoms with Gasteiger partial charge in [-0.3, -0.25) is 4.79 Å². The number of hydrogen-bond donors (Lipinski definition) is 0. The van der Waals surface area contributed by atoms with Gasteiger partial charge < -0.3 is 9.64 Å². The molecule has 5 nitrogen and oxygen atoms in total. The van der Waals surface area contributed by atoms with E-state index < -0.39 is 0 Å². The van der Waals surface area contributed by atoms with Crippen molar-refractivity contribution in [3.63, 3.8) is 0 Å². The topological polar surface area (TPSA) is 47.4 Å². The van der Waals surface area contributed by atoms with E-state index >= 15 is 0 Å². The molecule has 1 aliphatic rings. The van der Waals surface area contributed by atoms with E-state index in [1.807, 2.05) is 72.6 Å². The first-order valence-corrected chi connectivity index (χ1v) is 11.0. The molecule has 0 unspecified atom stereocenters. The molecular formula is C27H24FN3O2. The Labute approximate surface area is 192 Å². The number of aryl methyl sites for hydroxylation is 1. The molecule has 5 rings (SSSR count). The van der Waals surface area contributed by atoms with Crippen LogP contribution in [0.5, 0.6) is 11.6 Å². The van der Waals surface area contributed by atoms with Crippen molar-refractivity contribution in [3.8, 4) is 22.9 Å². The molecule has 166 valence electrons. The van der Waals surface area contributed by atoms with Crippen molar-refractivity contribution in [2.75, 3.05) is 0 Å². The summed E-state index contributed by atoms with van der Waals surface area (Å²) in [6, 6.07) is 25.3. The molecule has 1 heterocycles. The zero-order chi connectivity index (χ0) is 22.8. The monoisotopic (exact) mass is 441 g/mol. The normalized spacial score (nSPS) is 13.0. The van der Waals surface area contributed by atoms with Gasteiger partial charge in [-0.1, -0.05) is 48.5 Å². The summed E-state index contributed by atoms with van der Waals surface area (Å²) in [5.41, 5.74) is 3.05. The van der Waals surface area contributed by atoms with Crippen molar-refractivity contribution < 1.29 is 13.9 Å². The highest BCUT2D eigenvalue weighted by Crippen LogP contribution is 2.37. The predicted octanol–water partition coefficient (Wildman–Crippen LogP) is 5.82. The minimum absolute atomic E-state index is 0.119. The van der Waals surface area contributed by atoms with Gasteiger partial charge in [-0.2, -0.15) is 5.10 Å². The lowest BCUT2D eigenvalue weighted by molar-refractivity contribution is 0.0729. The molecule has 6 heteroatoms. The van der Waals surface area contributed by atoms with Crippen molar-refractivity contribution in [1.82, 2.24) is 14.7 Å². The maximum Gasteiger partial charge on any atom is 0.254 e. The maximum atomic E-state index is 13.4. The molecule has 1 aromatic heterocycles. The van der Waals surface area contributed by atoms with Crippen molar-refractivity contribution in [2.24, 2.45) is 7.05 Å². The first-order valence-electron chi connectivity index (χ1n) is 11.0. The van der Waals surface area contributed by atoms with Crippen LogP contribution < -0.4 is 4.74 Å². The number of para-hydroxylation sites is 1. The van der Waals surface area contributed by atoms with Crippen LogP contribution in [0.15, 0.2) is 84.9 Å². The molecule has 4 aromatic rings. The Morgan fingerprint density at radius 3 is 2.27 bits per heavy atom. The van der Waals surface area contributed by atoms with Gasteiger partial charge in [0.05, 0.1) is 12.1 Å². The van der Waals surface area contributed by atoms with Crippen LogP contribution >= 0.6 is 0 Å². The van der Waals surface area contributed by atoms with Gasteiger partial charge in [0.1, 0.15) is 17.3 Å². The van der Waals surface area contributed by atoms with Crippen molar-refractivity contribution >= 4 is 5.91 Å². The number of nitrogens with zero attached hydrogens (tertiary/aromatic N) is 3. The summed E-state index contributed by atoms with van der Waals surface area (Å²) in [6.07, 6.45) is 1.89. The molecule has 0 radical (unpaired) electrons. The van der Waals surface area contributed by atoms with E-state index in [1.165, 1.54) is 24.3 Å². The lowest BCUT2D eigenvalue weighted by atomic mass is 10.1. The summed E-state index contributed by atoms with van der Waals surface area (Å²) >= 11 is 0. The quantitative estimate of drug-likeness (QED) is 0.363. The van der Waals surface area contributed by atoms with Gasteiger partial charge in [-0.05, 0) is 49.2 Å². The largest absolute Gasteiger partial charge is 0.439 e. The van der Waals surface area contributed by atoms with Crippen LogP contribution in [0.4, 0.5) is 4.39 Å². The third-order valence-corrected chi connectivity index (χ3v) is 5.76. The minimum atomic E-state index is -0.360. The molecule has 3 aromatic carbocycles. The Hall–Kier alpha value is -3.93. The van der Waals surface area contributed by atoms with E-state index in [1.54, 1.807) is 4.68 Å². The van der Waals surface area contributed by atoms with Gasteiger partial charge in [0.2, 0.25) is 5.88 Å². The summed E-state index contributed by atoms with van der Waals surface area (Å²) in [7, 11) is 1.84. The van der Waals surface area contributed by atoms with E-state index in [-0.39, 0.29) is 17.8 Å². The van der Waals surface area contributed by atoms with E-state index in [4.69, 9.17) is 9.84 Å². The fourth-order valence-electron chi connectivity index (χ4n) is 3.93. The second-order valence-electron chi connectivity index (χ2n) is 8.21. The second-order valence-corrected chi connectivity index (χ2v) is 8.21. The van der Waals surface area contributed by atoms with Crippen LogP contribution in [0.2, 0.25) is 0 Å². The van der Waals surface area contributed by atoms with Crippen LogP contribution in [-0.2, 0) is 13.6 Å². The second kappa shape index (κ2) is 8.90. The lowest BCUT2D eigenvalue weighted by Gasteiger charge is -2.23. The SMILES string of the molecule is Cn1nc(-c2ccccc2)c(CN(C(=O)c2ccc(F)cc2)C2CC2)c1Oc1ccccc1. The lowest BCUT2D eigenvalue weighted by Crippen LogP contribution is -2.32. The number of benzene rings is 3. The Morgan fingerprint density at radius 2 is 1.64 bits per heavy atom. The Balaban J connectivity index is 1.55. The van der Waals surface area contributed by atoms with Crippen LogP contribution in [-0.4, -0.2) is 26.6 Å². The fraction of sp³-hybridized carbons (Fsp3) is 0.185. The van der Waals surface area contributed by atoms with Crippen molar-refractivity contribution in [2.45, 2.75) is 25.4 Å². The number of carbonyl (C=O) groups excluding carboxylic acids is 1. The van der Waals surface area contributed by atoms with E-state index in [0.717, 1.165) is 29.7 Å². The molecule has 1 amide bonds. The molecule has 0 saturated heterocycles. The molecule has 1 fully saturated rings. The molecule has 1 saturated carbocycles. The smallest absolute Gasteiger partial charge is 0.254 e. The van der Waals surface area contributed by atoms with E-state index in [0.29, 0.717) is 23.7 Å². The molecule has 33 heavy (non-hydrogen) atoms. The summed E-state index contributed by atoms with van der Waals surface area (Å²) in [5.74, 6) is 0.814. The number of halogens is 1. The molecule has 1 aliphatic carbocycles. The summed E-state index contributed by atoms with van der Waals surface area (Å²) in [5, 5.41) is 4.76. The number of carbonyl (C=O) groups is 1. The fourth-order valence-corrected chi connectivity index (χ4v) is 3.93. The van der Waals surface area contributed by atoms with Gasteiger partial charge in [-0.25, -0.2) is 9.07 Å². The van der Waals surface area contributed by atoms with Crippen LogP contribution in [0.25, 0.3) is 11.3 Å². The standard InChI is InChI=1S/C27H24FN3O2/c1-30-27(33-23-10-6-3-7-11-23)24(25(29-30)19-8-4-2-5-9-19)18-31(22-16-17-22)26(32)20-12-14-21(28)15-13-20/h2-15,22H,16-18H2,1H3. The third kappa shape index (κ3) is 4.51.